The first kappa shape index (κ1) is 22.9. The Morgan fingerprint density at radius 2 is 1.87 bits per heavy atom. The van der Waals surface area contributed by atoms with E-state index in [1.54, 1.807) is 18.2 Å². The molecule has 0 spiro atoms. The molecule has 1 amide bonds. The maximum absolute atomic E-state index is 12.6. The highest BCUT2D eigenvalue weighted by Gasteiger charge is 2.52. The van der Waals surface area contributed by atoms with Gasteiger partial charge in [-0.05, 0) is 61.3 Å². The number of methoxy groups -OCH3 is 1. The second-order valence-electron chi connectivity index (χ2n) is 10.2. The number of carbonyl (C=O) groups is 1. The second kappa shape index (κ2) is 8.04. The van der Waals surface area contributed by atoms with E-state index in [0.29, 0.717) is 19.0 Å². The van der Waals surface area contributed by atoms with Crippen LogP contribution in [0.5, 0.6) is 5.88 Å². The van der Waals surface area contributed by atoms with Gasteiger partial charge in [0.1, 0.15) is 5.60 Å². The molecule has 0 aromatic carbocycles. The van der Waals surface area contributed by atoms with Crippen LogP contribution >= 0.6 is 0 Å². The predicted octanol–water partition coefficient (Wildman–Crippen LogP) is 3.50. The van der Waals surface area contributed by atoms with Gasteiger partial charge in [-0.1, -0.05) is 6.07 Å². The van der Waals surface area contributed by atoms with E-state index in [4.69, 9.17) is 18.8 Å². The number of pyridine rings is 1. The van der Waals surface area contributed by atoms with E-state index < -0.39 is 23.9 Å². The van der Waals surface area contributed by atoms with Crippen LogP contribution in [0.1, 0.15) is 72.8 Å². The van der Waals surface area contributed by atoms with Crippen molar-refractivity contribution in [1.29, 1.82) is 0 Å². The number of piperidine rings is 1. The van der Waals surface area contributed by atoms with Crippen molar-refractivity contribution >= 4 is 18.7 Å². The summed E-state index contributed by atoms with van der Waals surface area (Å²) in [7, 11) is 1.13. The molecule has 2 aliphatic heterocycles. The lowest BCUT2D eigenvalue weighted by molar-refractivity contribution is 0.00578. The molecule has 30 heavy (non-hydrogen) atoms. The van der Waals surface area contributed by atoms with E-state index in [1.807, 2.05) is 48.5 Å². The summed E-state index contributed by atoms with van der Waals surface area (Å²) in [4.78, 5) is 18.9. The SMILES string of the molecule is COc1ncc(B2OC(C)(C)C(C)(C)O2)cc1C1CCCN(C(=O)OC(C)(C)C)C1. The number of likely N-dealkylation sites (tertiary alicyclic amines) is 1. The van der Waals surface area contributed by atoms with Crippen LogP contribution in [0.4, 0.5) is 4.79 Å². The van der Waals surface area contributed by atoms with Crippen molar-refractivity contribution in [2.24, 2.45) is 0 Å². The third kappa shape index (κ3) is 4.75. The van der Waals surface area contributed by atoms with Crippen molar-refractivity contribution in [3.05, 3.63) is 17.8 Å². The number of hydrogen-bond donors (Lipinski definition) is 0. The molecule has 166 valence electrons. The fourth-order valence-corrected chi connectivity index (χ4v) is 3.78. The fourth-order valence-electron chi connectivity index (χ4n) is 3.78. The lowest BCUT2D eigenvalue weighted by Gasteiger charge is -2.34. The summed E-state index contributed by atoms with van der Waals surface area (Å²) >= 11 is 0. The largest absolute Gasteiger partial charge is 0.496 e. The molecule has 8 heteroatoms. The summed E-state index contributed by atoms with van der Waals surface area (Å²) in [5, 5.41) is 0. The van der Waals surface area contributed by atoms with Gasteiger partial charge >= 0.3 is 13.2 Å². The third-order valence-electron chi connectivity index (χ3n) is 6.13. The van der Waals surface area contributed by atoms with Crippen molar-refractivity contribution in [3.63, 3.8) is 0 Å². The van der Waals surface area contributed by atoms with E-state index in [1.165, 1.54) is 0 Å². The standard InChI is InChI=1S/C22H35BN2O5/c1-20(2,3)28-19(26)25-11-9-10-15(14-25)17-12-16(13-24-18(17)27-8)23-29-21(4,5)22(6,7)30-23/h12-13,15H,9-11,14H2,1-8H3. The first-order valence-corrected chi connectivity index (χ1v) is 10.7. The second-order valence-corrected chi connectivity index (χ2v) is 10.2. The summed E-state index contributed by atoms with van der Waals surface area (Å²) in [5.41, 5.74) is 0.475. The number of hydrogen-bond acceptors (Lipinski definition) is 6. The van der Waals surface area contributed by atoms with Gasteiger partial charge < -0.3 is 23.7 Å². The van der Waals surface area contributed by atoms with E-state index in [0.717, 1.165) is 23.9 Å². The molecule has 0 aliphatic carbocycles. The van der Waals surface area contributed by atoms with Gasteiger partial charge in [-0.2, -0.15) is 0 Å². The molecule has 1 aromatic heterocycles. The Bertz CT molecular complexity index is 774. The van der Waals surface area contributed by atoms with Crippen molar-refractivity contribution in [1.82, 2.24) is 9.88 Å². The molecule has 1 aromatic rings. The average Bonchev–Trinajstić information content (AvgIpc) is 2.87. The summed E-state index contributed by atoms with van der Waals surface area (Å²) in [6, 6.07) is 2.05. The van der Waals surface area contributed by atoms with E-state index in [-0.39, 0.29) is 12.0 Å². The molecule has 1 unspecified atom stereocenters. The van der Waals surface area contributed by atoms with E-state index >= 15 is 0 Å². The summed E-state index contributed by atoms with van der Waals surface area (Å²) in [5.74, 6) is 0.683. The van der Waals surface area contributed by atoms with Crippen LogP contribution < -0.4 is 10.2 Å². The molecule has 7 nitrogen and oxygen atoms in total. The monoisotopic (exact) mass is 418 g/mol. The maximum Gasteiger partial charge on any atom is 0.496 e. The van der Waals surface area contributed by atoms with Crippen molar-refractivity contribution in [3.8, 4) is 5.88 Å². The van der Waals surface area contributed by atoms with Gasteiger partial charge in [0.15, 0.2) is 0 Å². The van der Waals surface area contributed by atoms with Crippen LogP contribution in [-0.2, 0) is 14.0 Å². The average molecular weight is 418 g/mol. The summed E-state index contributed by atoms with van der Waals surface area (Å²) < 4.78 is 23.5. The van der Waals surface area contributed by atoms with Gasteiger partial charge in [-0.25, -0.2) is 9.78 Å². The Hall–Kier alpha value is -1.80. The summed E-state index contributed by atoms with van der Waals surface area (Å²) in [6.07, 6.45) is 3.32. The van der Waals surface area contributed by atoms with Gasteiger partial charge in [-0.3, -0.25) is 0 Å². The van der Waals surface area contributed by atoms with Gasteiger partial charge in [0.25, 0.3) is 0 Å². The molecule has 3 rings (SSSR count). The van der Waals surface area contributed by atoms with Crippen molar-refractivity contribution in [2.45, 2.75) is 84.0 Å². The third-order valence-corrected chi connectivity index (χ3v) is 6.13. The van der Waals surface area contributed by atoms with E-state index in [2.05, 4.69) is 11.1 Å². The number of amides is 1. The number of ether oxygens (including phenoxy) is 2. The zero-order valence-electron chi connectivity index (χ0n) is 19.6. The lowest BCUT2D eigenvalue weighted by Crippen LogP contribution is -2.42. The fraction of sp³-hybridized carbons (Fsp3) is 0.727. The van der Waals surface area contributed by atoms with Crippen LogP contribution in [0.15, 0.2) is 12.3 Å². The molecule has 0 bridgehead atoms. The van der Waals surface area contributed by atoms with Crippen LogP contribution in [0, 0.1) is 0 Å². The van der Waals surface area contributed by atoms with E-state index in [9.17, 15) is 4.79 Å². The highest BCUT2D eigenvalue weighted by Crippen LogP contribution is 2.37. The molecular formula is C22H35BN2O5. The topological polar surface area (TPSA) is 70.1 Å². The van der Waals surface area contributed by atoms with Gasteiger partial charge in [-0.15, -0.1) is 0 Å². The molecule has 2 saturated heterocycles. The molecule has 0 N–H and O–H groups in total. The quantitative estimate of drug-likeness (QED) is 0.700. The summed E-state index contributed by atoms with van der Waals surface area (Å²) in [6.45, 7) is 15.0. The molecular weight excluding hydrogens is 383 g/mol. The van der Waals surface area contributed by atoms with Gasteiger partial charge in [0.05, 0.1) is 18.3 Å². The highest BCUT2D eigenvalue weighted by molar-refractivity contribution is 6.62. The highest BCUT2D eigenvalue weighted by atomic mass is 16.7. The normalized spacial score (nSPS) is 23.4. The molecule has 1 atom stereocenters. The Labute approximate surface area is 180 Å². The lowest BCUT2D eigenvalue weighted by atomic mass is 9.78. The minimum Gasteiger partial charge on any atom is -0.481 e. The van der Waals surface area contributed by atoms with Crippen LogP contribution in [0.2, 0.25) is 0 Å². The van der Waals surface area contributed by atoms with Crippen LogP contribution in [0.25, 0.3) is 0 Å². The minimum atomic E-state index is -0.514. The Morgan fingerprint density at radius 1 is 1.23 bits per heavy atom. The predicted molar refractivity (Wildman–Crippen MR) is 116 cm³/mol. The first-order valence-electron chi connectivity index (χ1n) is 10.7. The number of aromatic nitrogens is 1. The smallest absolute Gasteiger partial charge is 0.481 e. The molecule has 2 aliphatic rings. The molecule has 0 radical (unpaired) electrons. The number of carbonyl (C=O) groups excluding carboxylic acids is 1. The van der Waals surface area contributed by atoms with Crippen molar-refractivity contribution < 1.29 is 23.6 Å². The zero-order chi connectivity index (χ0) is 22.3. The van der Waals surface area contributed by atoms with Crippen molar-refractivity contribution in [2.75, 3.05) is 20.2 Å². The molecule has 3 heterocycles. The Morgan fingerprint density at radius 3 is 2.43 bits per heavy atom. The van der Waals surface area contributed by atoms with Gasteiger partial charge in [0, 0.05) is 36.2 Å². The maximum atomic E-state index is 12.6. The van der Waals surface area contributed by atoms with Crippen LogP contribution in [-0.4, -0.2) is 60.1 Å². The zero-order valence-corrected chi connectivity index (χ0v) is 19.6. The Balaban J connectivity index is 1.83. The first-order chi connectivity index (χ1) is 13.8. The van der Waals surface area contributed by atoms with Crippen LogP contribution in [0.3, 0.4) is 0 Å². The minimum absolute atomic E-state index is 0.107. The van der Waals surface area contributed by atoms with Gasteiger partial charge in [0.2, 0.25) is 5.88 Å². The molecule has 0 saturated carbocycles. The Kier molecular flexibility index (Phi) is 6.13. The molecule has 2 fully saturated rings. The number of rotatable bonds is 3. The number of nitrogens with zero attached hydrogens (tertiary/aromatic N) is 2.